The van der Waals surface area contributed by atoms with E-state index in [9.17, 15) is 19.7 Å². The van der Waals surface area contributed by atoms with Crippen LogP contribution in [0, 0.1) is 17.0 Å². The van der Waals surface area contributed by atoms with E-state index in [0.717, 1.165) is 10.5 Å². The Morgan fingerprint density at radius 3 is 2.39 bits per heavy atom. The molecule has 2 aromatic heterocycles. The summed E-state index contributed by atoms with van der Waals surface area (Å²) in [5.74, 6) is -1.01. The Kier molecular flexibility index (Phi) is 4.11. The van der Waals surface area contributed by atoms with Crippen molar-refractivity contribution in [2.75, 3.05) is 4.90 Å². The van der Waals surface area contributed by atoms with Gasteiger partial charge in [0.2, 0.25) is 0 Å². The first-order chi connectivity index (χ1) is 15.0. The maximum atomic E-state index is 13.3. The summed E-state index contributed by atoms with van der Waals surface area (Å²) < 4.78 is 1.71. The number of benzene rings is 2. The van der Waals surface area contributed by atoms with E-state index >= 15 is 0 Å². The Balaban J connectivity index is 1.59. The van der Waals surface area contributed by atoms with Gasteiger partial charge in [-0.15, -0.1) is 0 Å². The molecule has 0 radical (unpaired) electrons. The second-order valence-corrected chi connectivity index (χ2v) is 7.19. The minimum absolute atomic E-state index is 0.123. The number of carbonyl (C=O) groups excluding carboxylic acids is 2. The molecule has 1 aliphatic rings. The van der Waals surface area contributed by atoms with Gasteiger partial charge in [0.05, 0.1) is 39.4 Å². The standard InChI is InChI=1S/C22H15N5O4/c1-13-18-19-17(11-23-20(18)25(24-13)12-14-5-3-2-4-6-14)21(28)26(22(19)29)15-7-9-16(10-8-15)27(30)31/h2-11H,12H2,1H3. The molecule has 0 atom stereocenters. The Bertz CT molecular complexity index is 1380. The first-order valence-corrected chi connectivity index (χ1v) is 9.49. The molecule has 0 spiro atoms. The van der Waals surface area contributed by atoms with Gasteiger partial charge < -0.3 is 0 Å². The Morgan fingerprint density at radius 2 is 1.71 bits per heavy atom. The fraction of sp³-hybridized carbons (Fsp3) is 0.0909. The van der Waals surface area contributed by atoms with Crippen LogP contribution in [-0.2, 0) is 6.54 Å². The van der Waals surface area contributed by atoms with Gasteiger partial charge in [0.1, 0.15) is 0 Å². The van der Waals surface area contributed by atoms with Gasteiger partial charge in [-0.3, -0.25) is 19.7 Å². The minimum atomic E-state index is -0.538. The molecule has 0 fully saturated rings. The molecule has 9 nitrogen and oxygen atoms in total. The van der Waals surface area contributed by atoms with E-state index in [-0.39, 0.29) is 22.5 Å². The van der Waals surface area contributed by atoms with Crippen LogP contribution in [0.15, 0.2) is 60.8 Å². The van der Waals surface area contributed by atoms with Gasteiger partial charge in [-0.25, -0.2) is 14.6 Å². The van der Waals surface area contributed by atoms with E-state index < -0.39 is 16.7 Å². The van der Waals surface area contributed by atoms with Crippen LogP contribution in [0.2, 0.25) is 0 Å². The highest BCUT2D eigenvalue weighted by Crippen LogP contribution is 2.34. The third-order valence-electron chi connectivity index (χ3n) is 5.28. The number of aromatic nitrogens is 3. The highest BCUT2D eigenvalue weighted by molar-refractivity contribution is 6.37. The van der Waals surface area contributed by atoms with Gasteiger partial charge in [0.15, 0.2) is 5.65 Å². The summed E-state index contributed by atoms with van der Waals surface area (Å²) in [6.45, 7) is 2.25. The van der Waals surface area contributed by atoms with Gasteiger partial charge >= 0.3 is 0 Å². The van der Waals surface area contributed by atoms with Crippen molar-refractivity contribution in [3.05, 3.63) is 93.3 Å². The van der Waals surface area contributed by atoms with Crippen LogP contribution >= 0.6 is 0 Å². The van der Waals surface area contributed by atoms with Gasteiger partial charge in [-0.05, 0) is 24.6 Å². The summed E-state index contributed by atoms with van der Waals surface area (Å²) in [4.78, 5) is 42.1. The van der Waals surface area contributed by atoms with Crippen LogP contribution < -0.4 is 4.90 Å². The summed E-state index contributed by atoms with van der Waals surface area (Å²) in [7, 11) is 0. The molecule has 5 rings (SSSR count). The Labute approximate surface area is 175 Å². The van der Waals surface area contributed by atoms with Gasteiger partial charge in [-0.1, -0.05) is 30.3 Å². The maximum Gasteiger partial charge on any atom is 0.269 e. The van der Waals surface area contributed by atoms with Crippen molar-refractivity contribution in [3.8, 4) is 0 Å². The largest absolute Gasteiger partial charge is 0.269 e. The normalized spacial score (nSPS) is 13.1. The van der Waals surface area contributed by atoms with Crippen LogP contribution in [-0.4, -0.2) is 31.5 Å². The monoisotopic (exact) mass is 413 g/mol. The van der Waals surface area contributed by atoms with E-state index in [2.05, 4.69) is 10.1 Å². The zero-order chi connectivity index (χ0) is 21.7. The van der Waals surface area contributed by atoms with E-state index in [1.165, 1.54) is 30.5 Å². The van der Waals surface area contributed by atoms with E-state index in [4.69, 9.17) is 0 Å². The molecule has 31 heavy (non-hydrogen) atoms. The number of carbonyl (C=O) groups is 2. The number of nitro benzene ring substituents is 1. The zero-order valence-electron chi connectivity index (χ0n) is 16.3. The quantitative estimate of drug-likeness (QED) is 0.288. The minimum Gasteiger partial charge on any atom is -0.268 e. The molecular formula is C22H15N5O4. The predicted octanol–water partition coefficient (Wildman–Crippen LogP) is 3.50. The van der Waals surface area contributed by atoms with Gasteiger partial charge in [0.25, 0.3) is 17.5 Å². The lowest BCUT2D eigenvalue weighted by molar-refractivity contribution is -0.384. The summed E-state index contributed by atoms with van der Waals surface area (Å²) in [6.07, 6.45) is 1.39. The Morgan fingerprint density at radius 1 is 1.00 bits per heavy atom. The van der Waals surface area contributed by atoms with Crippen LogP contribution in [0.5, 0.6) is 0 Å². The second kappa shape index (κ2) is 6.84. The smallest absolute Gasteiger partial charge is 0.268 e. The number of nitro groups is 1. The SMILES string of the molecule is Cc1nn(Cc2ccccc2)c2ncc3c(c12)C(=O)N(c1ccc([N+](=O)[O-])cc1)C3=O. The summed E-state index contributed by atoms with van der Waals surface area (Å²) in [6, 6.07) is 15.0. The molecule has 0 N–H and O–H groups in total. The number of pyridine rings is 1. The highest BCUT2D eigenvalue weighted by atomic mass is 16.6. The summed E-state index contributed by atoms with van der Waals surface area (Å²) in [5.41, 5.74) is 2.74. The maximum absolute atomic E-state index is 13.3. The number of hydrogen-bond acceptors (Lipinski definition) is 6. The average molecular weight is 413 g/mol. The van der Waals surface area contributed by atoms with E-state index in [0.29, 0.717) is 23.3 Å². The van der Waals surface area contributed by atoms with Crippen molar-refractivity contribution >= 4 is 34.2 Å². The lowest BCUT2D eigenvalue weighted by Crippen LogP contribution is -2.29. The lowest BCUT2D eigenvalue weighted by atomic mass is 10.1. The molecule has 152 valence electrons. The number of non-ortho nitro benzene ring substituents is 1. The van der Waals surface area contributed by atoms with Crippen LogP contribution in [0.25, 0.3) is 11.0 Å². The number of nitrogens with zero attached hydrogens (tertiary/aromatic N) is 5. The fourth-order valence-corrected chi connectivity index (χ4v) is 3.85. The van der Waals surface area contributed by atoms with Crippen molar-refractivity contribution in [1.29, 1.82) is 0 Å². The topological polar surface area (TPSA) is 111 Å². The van der Waals surface area contributed by atoms with Crippen LogP contribution in [0.1, 0.15) is 32.0 Å². The second-order valence-electron chi connectivity index (χ2n) is 7.19. The molecule has 1 aliphatic heterocycles. The molecule has 2 amide bonds. The molecule has 4 aromatic rings. The number of imide groups is 1. The molecule has 0 bridgehead atoms. The zero-order valence-corrected chi connectivity index (χ0v) is 16.3. The van der Waals surface area contributed by atoms with Crippen molar-refractivity contribution in [3.63, 3.8) is 0 Å². The number of anilines is 1. The lowest BCUT2D eigenvalue weighted by Gasteiger charge is -2.13. The van der Waals surface area contributed by atoms with Crippen LogP contribution in [0.3, 0.4) is 0 Å². The number of aryl methyl sites for hydroxylation is 1. The molecule has 0 saturated heterocycles. The number of rotatable bonds is 4. The van der Waals surface area contributed by atoms with Crippen LogP contribution in [0.4, 0.5) is 11.4 Å². The summed E-state index contributed by atoms with van der Waals surface area (Å²) in [5, 5.41) is 16.0. The predicted molar refractivity (Wildman–Crippen MR) is 112 cm³/mol. The van der Waals surface area contributed by atoms with Crippen molar-refractivity contribution in [2.24, 2.45) is 0 Å². The first-order valence-electron chi connectivity index (χ1n) is 9.49. The van der Waals surface area contributed by atoms with Crippen molar-refractivity contribution in [1.82, 2.24) is 14.8 Å². The Hall–Kier alpha value is -4.40. The summed E-state index contributed by atoms with van der Waals surface area (Å²) >= 11 is 0. The molecule has 3 heterocycles. The first kappa shape index (κ1) is 18.6. The number of hydrogen-bond donors (Lipinski definition) is 0. The third kappa shape index (κ3) is 2.86. The molecule has 2 aromatic carbocycles. The molecule has 0 saturated carbocycles. The molecule has 9 heteroatoms. The van der Waals surface area contributed by atoms with Crippen molar-refractivity contribution in [2.45, 2.75) is 13.5 Å². The highest BCUT2D eigenvalue weighted by Gasteiger charge is 2.40. The molecule has 0 unspecified atom stereocenters. The number of fused-ring (bicyclic) bond motifs is 3. The fourth-order valence-electron chi connectivity index (χ4n) is 3.85. The van der Waals surface area contributed by atoms with E-state index in [1.54, 1.807) is 11.6 Å². The van der Waals surface area contributed by atoms with Gasteiger partial charge in [0, 0.05) is 18.3 Å². The third-order valence-corrected chi connectivity index (χ3v) is 5.28. The average Bonchev–Trinajstić information content (AvgIpc) is 3.22. The van der Waals surface area contributed by atoms with Crippen molar-refractivity contribution < 1.29 is 14.5 Å². The van der Waals surface area contributed by atoms with Gasteiger partial charge in [-0.2, -0.15) is 5.10 Å². The molecule has 0 aliphatic carbocycles. The number of amides is 2. The van der Waals surface area contributed by atoms with E-state index in [1.807, 2.05) is 30.3 Å². The molecular weight excluding hydrogens is 398 g/mol.